The molecule has 0 N–H and O–H groups in total. The number of hydrogen-bond donors (Lipinski definition) is 0. The highest BCUT2D eigenvalue weighted by Crippen LogP contribution is 2.46. The second kappa shape index (κ2) is 12.2. The van der Waals surface area contributed by atoms with Gasteiger partial charge in [-0.3, -0.25) is 4.90 Å². The fourth-order valence-electron chi connectivity index (χ4n) is 5.97. The molecule has 234 valence electrons. The number of carbonyl (C=O) groups is 1. The molecule has 1 aliphatic rings. The summed E-state index contributed by atoms with van der Waals surface area (Å²) in [4.78, 5) is 27.1. The monoisotopic (exact) mass is 634 g/mol. The first kappa shape index (κ1) is 32.1. The number of hydrogen-bond acceptors (Lipinski definition) is 7. The predicted molar refractivity (Wildman–Crippen MR) is 165 cm³/mol. The van der Waals surface area contributed by atoms with Gasteiger partial charge in [-0.05, 0) is 99.7 Å². The number of carbonyl (C=O) groups excluding carboxylic acids is 1. The van der Waals surface area contributed by atoms with Gasteiger partial charge in [0.15, 0.2) is 0 Å². The largest absolute Gasteiger partial charge is 0.447 e. The Morgan fingerprint density at radius 1 is 1.04 bits per heavy atom. The predicted octanol–water partition coefficient (Wildman–Crippen LogP) is 7.50. The summed E-state index contributed by atoms with van der Waals surface area (Å²) in [6, 6.07) is 20.3. The lowest BCUT2D eigenvalue weighted by Gasteiger charge is -2.50. The van der Waals surface area contributed by atoms with Crippen LogP contribution in [-0.2, 0) is 4.74 Å². The van der Waals surface area contributed by atoms with E-state index in [4.69, 9.17) is 20.8 Å². The Hall–Kier alpha value is -4.33. The zero-order valence-electron chi connectivity index (χ0n) is 25.6. The van der Waals surface area contributed by atoms with Crippen molar-refractivity contribution < 1.29 is 22.7 Å². The van der Waals surface area contributed by atoms with E-state index in [1.165, 1.54) is 19.9 Å². The molecule has 0 unspecified atom stereocenters. The molecule has 45 heavy (non-hydrogen) atoms. The van der Waals surface area contributed by atoms with Crippen LogP contribution in [0, 0.1) is 23.1 Å². The summed E-state index contributed by atoms with van der Waals surface area (Å²) < 4.78 is 41.2. The van der Waals surface area contributed by atoms with E-state index in [1.807, 2.05) is 30.3 Å². The molecule has 0 aliphatic carbocycles. The zero-order valence-corrected chi connectivity index (χ0v) is 26.3. The van der Waals surface area contributed by atoms with Crippen molar-refractivity contribution in [1.82, 2.24) is 14.7 Å². The van der Waals surface area contributed by atoms with Crippen LogP contribution in [0.15, 0.2) is 75.9 Å². The molecular weight excluding hydrogens is 602 g/mol. The summed E-state index contributed by atoms with van der Waals surface area (Å²) in [7, 11) is 0. The molecule has 0 bridgehead atoms. The molecule has 1 aliphatic heterocycles. The first-order chi connectivity index (χ1) is 21.1. The van der Waals surface area contributed by atoms with Crippen molar-refractivity contribution in [3.8, 4) is 17.5 Å². The second-order valence-electron chi connectivity index (χ2n) is 12.8. The Morgan fingerprint density at radius 2 is 1.73 bits per heavy atom. The molecule has 3 aromatic carbocycles. The number of nitrogens with zero attached hydrogens (tertiary/aromatic N) is 4. The van der Waals surface area contributed by atoms with Gasteiger partial charge in [0, 0.05) is 29.6 Å². The number of halogens is 3. The zero-order chi connectivity index (χ0) is 32.7. The summed E-state index contributed by atoms with van der Waals surface area (Å²) in [5, 5.41) is 14.0. The number of benzene rings is 3. The summed E-state index contributed by atoms with van der Waals surface area (Å²) >= 11 is 6.20. The number of likely N-dealkylation sites (tertiary alicyclic amines) is 1. The van der Waals surface area contributed by atoms with Crippen molar-refractivity contribution in [2.45, 2.75) is 57.8 Å². The van der Waals surface area contributed by atoms with Crippen molar-refractivity contribution in [2.24, 2.45) is 5.92 Å². The minimum atomic E-state index is -1.68. The third-order valence-corrected chi connectivity index (χ3v) is 7.92. The summed E-state index contributed by atoms with van der Waals surface area (Å²) in [6.45, 7) is 8.94. The second-order valence-corrected chi connectivity index (χ2v) is 13.2. The molecule has 5 rings (SSSR count). The van der Waals surface area contributed by atoms with E-state index in [-0.39, 0.29) is 23.4 Å². The van der Waals surface area contributed by atoms with Crippen LogP contribution in [0.2, 0.25) is 5.02 Å². The fourth-order valence-corrected chi connectivity index (χ4v) is 6.10. The smallest absolute Gasteiger partial charge is 0.442 e. The number of ether oxygens (including phenoxy) is 1. The van der Waals surface area contributed by atoms with Gasteiger partial charge in [-0.1, -0.05) is 40.5 Å². The maximum absolute atomic E-state index is 15.7. The van der Waals surface area contributed by atoms with E-state index in [1.54, 1.807) is 51.1 Å². The van der Waals surface area contributed by atoms with E-state index < -0.39 is 34.9 Å². The van der Waals surface area contributed by atoms with Crippen LogP contribution >= 0.6 is 11.6 Å². The quantitative estimate of drug-likeness (QED) is 0.207. The third-order valence-electron chi connectivity index (χ3n) is 7.67. The van der Waals surface area contributed by atoms with Gasteiger partial charge in [-0.15, -0.1) is 5.10 Å². The van der Waals surface area contributed by atoms with Gasteiger partial charge < -0.3 is 9.15 Å². The summed E-state index contributed by atoms with van der Waals surface area (Å²) in [5.74, 6) is -2.42. The third kappa shape index (κ3) is 7.16. The van der Waals surface area contributed by atoms with Crippen LogP contribution in [0.5, 0.6) is 0 Å². The van der Waals surface area contributed by atoms with E-state index >= 15 is 4.39 Å². The normalized spacial score (nSPS) is 15.6. The minimum absolute atomic E-state index is 0.0531. The molecule has 0 spiro atoms. The van der Waals surface area contributed by atoms with Crippen LogP contribution < -0.4 is 5.76 Å². The first-order valence-corrected chi connectivity index (χ1v) is 14.8. The molecule has 4 aromatic rings. The van der Waals surface area contributed by atoms with Gasteiger partial charge in [0.2, 0.25) is 5.89 Å². The molecule has 8 nitrogen and oxygen atoms in total. The highest BCUT2D eigenvalue weighted by Gasteiger charge is 2.45. The average Bonchev–Trinajstić information content (AvgIpc) is 3.32. The fraction of sp³-hybridized carbons (Fsp3) is 0.353. The van der Waals surface area contributed by atoms with Gasteiger partial charge in [-0.2, -0.15) is 5.26 Å². The van der Waals surface area contributed by atoms with Gasteiger partial charge in [0.25, 0.3) is 0 Å². The lowest BCUT2D eigenvalue weighted by atomic mass is 9.72. The highest BCUT2D eigenvalue weighted by molar-refractivity contribution is 6.30. The van der Waals surface area contributed by atoms with Crippen molar-refractivity contribution in [1.29, 1.82) is 5.26 Å². The molecule has 1 aromatic heterocycles. The summed E-state index contributed by atoms with van der Waals surface area (Å²) in [6.07, 6.45) is -0.949. The molecule has 1 fully saturated rings. The first-order valence-electron chi connectivity index (χ1n) is 14.5. The Morgan fingerprint density at radius 3 is 2.36 bits per heavy atom. The molecule has 2 atom stereocenters. The number of alkyl halides is 1. The molecule has 11 heteroatoms. The Labute approximate surface area is 264 Å². The van der Waals surface area contributed by atoms with E-state index in [9.17, 15) is 19.2 Å². The molecule has 0 saturated carbocycles. The molecule has 2 heterocycles. The van der Waals surface area contributed by atoms with Crippen LogP contribution in [0.4, 0.5) is 13.6 Å². The van der Waals surface area contributed by atoms with Crippen molar-refractivity contribution in [2.75, 3.05) is 13.1 Å². The van der Waals surface area contributed by atoms with E-state index in [0.29, 0.717) is 33.9 Å². The topological polar surface area (TPSA) is 101 Å². The van der Waals surface area contributed by atoms with E-state index in [2.05, 4.69) is 10.00 Å². The highest BCUT2D eigenvalue weighted by atomic mass is 35.5. The van der Waals surface area contributed by atoms with Gasteiger partial charge >= 0.3 is 11.8 Å². The SMILES string of the molecule is CC(C)(C)OC(=O)n1nc(-c2cccc([C@H](c3ccc(Cl)cc3)N3CC([C@@H](c4cc(F)cc(C#N)c4)C(C)(C)F)C3)c2)oc1=O. The van der Waals surface area contributed by atoms with E-state index in [0.717, 1.165) is 17.2 Å². The lowest BCUT2D eigenvalue weighted by molar-refractivity contribution is 0.00813. The maximum atomic E-state index is 15.7. The Balaban J connectivity index is 1.47. The molecule has 0 radical (unpaired) electrons. The van der Waals surface area contributed by atoms with Gasteiger partial charge in [-0.25, -0.2) is 18.4 Å². The standard InChI is InChI=1S/C34H33ClF2N4O4/c1-33(2,3)45-32(43)41-31(42)44-30(39-41)23-8-6-7-22(15-23)29(21-9-11-26(35)12-10-21)40-18-25(19-40)28(34(4,5)37)24-13-20(17-38)14-27(36)16-24/h6-16,25,28-29H,18-19H2,1-5H3/t28-,29+/m1/s1. The maximum Gasteiger partial charge on any atom is 0.447 e. The molecule has 0 amide bonds. The minimum Gasteiger partial charge on any atom is -0.442 e. The lowest BCUT2D eigenvalue weighted by Crippen LogP contribution is -2.53. The van der Waals surface area contributed by atoms with Crippen LogP contribution in [0.3, 0.4) is 0 Å². The Kier molecular flexibility index (Phi) is 8.71. The van der Waals surface area contributed by atoms with Gasteiger partial charge in [0.05, 0.1) is 17.7 Å². The number of nitriles is 1. The number of aromatic nitrogens is 2. The van der Waals surface area contributed by atoms with Gasteiger partial charge in [0.1, 0.15) is 17.1 Å². The van der Waals surface area contributed by atoms with Crippen LogP contribution in [-0.4, -0.2) is 45.1 Å². The molecular formula is C34H33ClF2N4O4. The van der Waals surface area contributed by atoms with Crippen molar-refractivity contribution in [3.63, 3.8) is 0 Å². The van der Waals surface area contributed by atoms with Crippen LogP contribution in [0.1, 0.15) is 68.8 Å². The number of rotatable bonds is 7. The Bertz CT molecular complexity index is 1810. The van der Waals surface area contributed by atoms with Crippen molar-refractivity contribution in [3.05, 3.63) is 110 Å². The molecule has 1 saturated heterocycles. The average molecular weight is 635 g/mol. The van der Waals surface area contributed by atoms with Crippen molar-refractivity contribution >= 4 is 17.7 Å². The van der Waals surface area contributed by atoms with Crippen LogP contribution in [0.25, 0.3) is 11.5 Å². The summed E-state index contributed by atoms with van der Waals surface area (Å²) in [5.41, 5.74) is 0.295.